The highest BCUT2D eigenvalue weighted by Crippen LogP contribution is 2.34. The number of sulfonamides is 1. The van der Waals surface area contributed by atoms with Crippen molar-refractivity contribution < 1.29 is 12.9 Å². The molecule has 0 unspecified atom stereocenters. The van der Waals surface area contributed by atoms with E-state index < -0.39 is 10.0 Å². The van der Waals surface area contributed by atoms with Crippen LogP contribution < -0.4 is 10.0 Å². The van der Waals surface area contributed by atoms with Gasteiger partial charge in [0.15, 0.2) is 0 Å². The van der Waals surface area contributed by atoms with E-state index >= 15 is 0 Å². The molecule has 1 aliphatic rings. The summed E-state index contributed by atoms with van der Waals surface area (Å²) in [6, 6.07) is 5.34. The molecule has 2 heterocycles. The summed E-state index contributed by atoms with van der Waals surface area (Å²) in [6.45, 7) is 4.10. The molecule has 1 aromatic heterocycles. The van der Waals surface area contributed by atoms with Gasteiger partial charge in [-0.05, 0) is 37.5 Å². The first-order valence-electron chi connectivity index (χ1n) is 6.68. The molecule has 0 spiro atoms. The van der Waals surface area contributed by atoms with Crippen molar-refractivity contribution in [3.8, 4) is 0 Å². The molecule has 112 valence electrons. The summed E-state index contributed by atoms with van der Waals surface area (Å²) in [5, 5.41) is 3.75. The minimum atomic E-state index is -3.49. The fourth-order valence-corrected chi connectivity index (χ4v) is 4.09. The van der Waals surface area contributed by atoms with Crippen molar-refractivity contribution in [2.24, 2.45) is 0 Å². The van der Waals surface area contributed by atoms with E-state index in [9.17, 15) is 8.42 Å². The van der Waals surface area contributed by atoms with E-state index in [-0.39, 0.29) is 5.75 Å². The molecule has 0 radical (unpaired) electrons. The maximum absolute atomic E-state index is 12.6. The lowest BCUT2D eigenvalue weighted by Crippen LogP contribution is -2.30. The molecular weight excluding hydrogens is 290 g/mol. The molecule has 7 heteroatoms. The molecule has 0 saturated heterocycles. The van der Waals surface area contributed by atoms with Gasteiger partial charge >= 0.3 is 0 Å². The van der Waals surface area contributed by atoms with Crippen LogP contribution in [0.15, 0.2) is 22.7 Å². The van der Waals surface area contributed by atoms with Crippen molar-refractivity contribution in [1.29, 1.82) is 0 Å². The first kappa shape index (κ1) is 13.9. The van der Waals surface area contributed by atoms with Crippen LogP contribution in [-0.2, 0) is 22.2 Å². The smallest absolute Gasteiger partial charge is 0.241 e. The number of aromatic nitrogens is 1. The number of nitrogens with zero attached hydrogens (tertiary/aromatic N) is 2. The summed E-state index contributed by atoms with van der Waals surface area (Å²) < 4.78 is 31.5. The summed E-state index contributed by atoms with van der Waals surface area (Å²) in [5.41, 5.74) is 9.59. The van der Waals surface area contributed by atoms with Crippen molar-refractivity contribution >= 4 is 21.4 Å². The Morgan fingerprint density at radius 1 is 1.33 bits per heavy atom. The van der Waals surface area contributed by atoms with Crippen molar-refractivity contribution in [2.45, 2.75) is 26.0 Å². The molecule has 21 heavy (non-hydrogen) atoms. The number of nitrogen functional groups attached to an aromatic ring is 1. The highest BCUT2D eigenvalue weighted by Gasteiger charge is 2.30. The minimum Gasteiger partial charge on any atom is -0.398 e. The number of nitrogens with two attached hydrogens (primary N) is 1. The van der Waals surface area contributed by atoms with Gasteiger partial charge in [0.25, 0.3) is 0 Å². The van der Waals surface area contributed by atoms with Crippen LogP contribution in [0.5, 0.6) is 0 Å². The number of fused-ring (bicyclic) bond motifs is 1. The van der Waals surface area contributed by atoms with Crippen LogP contribution in [0.3, 0.4) is 0 Å². The van der Waals surface area contributed by atoms with E-state index in [1.807, 2.05) is 13.0 Å². The van der Waals surface area contributed by atoms with Gasteiger partial charge in [-0.3, -0.25) is 4.31 Å². The van der Waals surface area contributed by atoms with Crippen LogP contribution in [0.1, 0.15) is 22.6 Å². The predicted octanol–water partition coefficient (Wildman–Crippen LogP) is 1.77. The van der Waals surface area contributed by atoms with E-state index in [0.717, 1.165) is 11.1 Å². The third kappa shape index (κ3) is 2.49. The lowest BCUT2D eigenvalue weighted by atomic mass is 10.1. The summed E-state index contributed by atoms with van der Waals surface area (Å²) in [7, 11) is -3.49. The minimum absolute atomic E-state index is 0.169. The highest BCUT2D eigenvalue weighted by molar-refractivity contribution is 7.92. The van der Waals surface area contributed by atoms with Crippen LogP contribution in [0.2, 0.25) is 0 Å². The molecule has 2 aromatic rings. The third-order valence-corrected chi connectivity index (χ3v) is 5.37. The summed E-state index contributed by atoms with van der Waals surface area (Å²) in [4.78, 5) is 0. The molecule has 3 rings (SSSR count). The molecule has 1 aromatic carbocycles. The summed E-state index contributed by atoms with van der Waals surface area (Å²) in [5.74, 6) is 0.430. The molecule has 0 amide bonds. The van der Waals surface area contributed by atoms with Crippen molar-refractivity contribution in [1.82, 2.24) is 5.16 Å². The van der Waals surface area contributed by atoms with E-state index in [1.54, 1.807) is 19.1 Å². The largest absolute Gasteiger partial charge is 0.398 e. The van der Waals surface area contributed by atoms with Gasteiger partial charge in [0, 0.05) is 18.3 Å². The van der Waals surface area contributed by atoms with Gasteiger partial charge in [0.1, 0.15) is 17.2 Å². The Labute approximate surface area is 123 Å². The van der Waals surface area contributed by atoms with Gasteiger partial charge in [-0.2, -0.15) is 0 Å². The fourth-order valence-electron chi connectivity index (χ4n) is 2.59. The van der Waals surface area contributed by atoms with Crippen molar-refractivity contribution in [3.63, 3.8) is 0 Å². The zero-order valence-corrected chi connectivity index (χ0v) is 12.8. The lowest BCUT2D eigenvalue weighted by Gasteiger charge is -2.19. The Morgan fingerprint density at radius 2 is 2.10 bits per heavy atom. The van der Waals surface area contributed by atoms with E-state index in [0.29, 0.717) is 35.8 Å². The van der Waals surface area contributed by atoms with Crippen LogP contribution in [-0.4, -0.2) is 20.1 Å². The molecular formula is C14H17N3O3S. The van der Waals surface area contributed by atoms with Crippen molar-refractivity contribution in [3.05, 3.63) is 40.8 Å². The van der Waals surface area contributed by atoms with Gasteiger partial charge in [0.2, 0.25) is 10.0 Å². The second-order valence-electron chi connectivity index (χ2n) is 5.34. The first-order valence-corrected chi connectivity index (χ1v) is 8.29. The van der Waals surface area contributed by atoms with E-state index in [4.69, 9.17) is 10.3 Å². The van der Waals surface area contributed by atoms with Crippen LogP contribution in [0, 0.1) is 13.8 Å². The summed E-state index contributed by atoms with van der Waals surface area (Å²) >= 11 is 0. The van der Waals surface area contributed by atoms with Gasteiger partial charge in [-0.15, -0.1) is 0 Å². The Bertz CT molecular complexity index is 796. The molecule has 0 bridgehead atoms. The number of hydrogen-bond donors (Lipinski definition) is 1. The fraction of sp³-hybridized carbons (Fsp3) is 0.357. The Balaban J connectivity index is 1.94. The Morgan fingerprint density at radius 3 is 2.76 bits per heavy atom. The average Bonchev–Trinajstić information content (AvgIpc) is 2.96. The number of anilines is 2. The quantitative estimate of drug-likeness (QED) is 0.873. The molecule has 6 nitrogen and oxygen atoms in total. The normalized spacial score (nSPS) is 14.5. The van der Waals surface area contributed by atoms with E-state index in [2.05, 4.69) is 5.16 Å². The molecule has 1 aliphatic heterocycles. The first-order chi connectivity index (χ1) is 9.87. The monoisotopic (exact) mass is 307 g/mol. The predicted molar refractivity (Wildman–Crippen MR) is 80.5 cm³/mol. The lowest BCUT2D eigenvalue weighted by molar-refractivity contribution is 0.392. The van der Waals surface area contributed by atoms with Crippen molar-refractivity contribution in [2.75, 3.05) is 16.6 Å². The second kappa shape index (κ2) is 4.77. The topological polar surface area (TPSA) is 89.4 Å². The third-order valence-electron chi connectivity index (χ3n) is 3.66. The number of aryl methyl sites for hydroxylation is 2. The summed E-state index contributed by atoms with van der Waals surface area (Å²) in [6.07, 6.45) is 0.702. The number of benzene rings is 1. The zero-order valence-electron chi connectivity index (χ0n) is 12.0. The van der Waals surface area contributed by atoms with Gasteiger partial charge in [-0.25, -0.2) is 8.42 Å². The average molecular weight is 307 g/mol. The van der Waals surface area contributed by atoms with Crippen LogP contribution in [0.4, 0.5) is 11.4 Å². The standard InChI is InChI=1S/C14H17N3O3S/c1-9-5-11-3-4-17(14(11)7-13(9)15)21(18,19)8-12-6-10(2)20-16-12/h5-7H,3-4,8,15H2,1-2H3. The van der Waals surface area contributed by atoms with Gasteiger partial charge < -0.3 is 10.3 Å². The Kier molecular flexibility index (Phi) is 3.16. The van der Waals surface area contributed by atoms with Gasteiger partial charge in [0.05, 0.1) is 5.69 Å². The Hall–Kier alpha value is -2.02. The maximum atomic E-state index is 12.6. The van der Waals surface area contributed by atoms with Gasteiger partial charge in [-0.1, -0.05) is 11.2 Å². The molecule has 2 N–H and O–H groups in total. The zero-order chi connectivity index (χ0) is 15.2. The number of hydrogen-bond acceptors (Lipinski definition) is 5. The SMILES string of the molecule is Cc1cc(CS(=O)(=O)N2CCc3cc(C)c(N)cc32)no1. The maximum Gasteiger partial charge on any atom is 0.241 e. The van der Waals surface area contributed by atoms with E-state index in [1.165, 1.54) is 4.31 Å². The second-order valence-corrected chi connectivity index (χ2v) is 7.24. The molecule has 0 aliphatic carbocycles. The molecule has 0 saturated carbocycles. The van der Waals surface area contributed by atoms with Crippen LogP contribution in [0.25, 0.3) is 0 Å². The molecule has 0 atom stereocenters. The van der Waals surface area contributed by atoms with Crippen LogP contribution >= 0.6 is 0 Å². The highest BCUT2D eigenvalue weighted by atomic mass is 32.2. The number of rotatable bonds is 3. The molecule has 0 fully saturated rings.